The summed E-state index contributed by atoms with van der Waals surface area (Å²) in [6, 6.07) is 11.9. The molecule has 3 heterocycles. The van der Waals surface area contributed by atoms with Crippen molar-refractivity contribution in [3.8, 4) is 0 Å². The fraction of sp³-hybridized carbons (Fsp3) is 0.391. The van der Waals surface area contributed by atoms with E-state index in [2.05, 4.69) is 27.5 Å². The van der Waals surface area contributed by atoms with E-state index in [1.54, 1.807) is 13.0 Å². The first-order valence-electron chi connectivity index (χ1n) is 10.6. The Kier molecular flexibility index (Phi) is 6.27. The van der Waals surface area contributed by atoms with Gasteiger partial charge in [-0.25, -0.2) is 4.98 Å². The summed E-state index contributed by atoms with van der Waals surface area (Å²) in [6.45, 7) is 5.95. The van der Waals surface area contributed by atoms with Crippen molar-refractivity contribution in [3.63, 3.8) is 0 Å². The van der Waals surface area contributed by atoms with Crippen LogP contribution in [0.4, 0.5) is 5.82 Å². The second kappa shape index (κ2) is 9.26. The Bertz CT molecular complexity index is 1120. The van der Waals surface area contributed by atoms with Crippen molar-refractivity contribution in [2.24, 2.45) is 0 Å². The highest BCUT2D eigenvalue weighted by molar-refractivity contribution is 5.89. The Labute approximate surface area is 180 Å². The van der Waals surface area contributed by atoms with Gasteiger partial charge in [0, 0.05) is 37.7 Å². The number of nitrogens with zero attached hydrogens (tertiary/aromatic N) is 4. The van der Waals surface area contributed by atoms with Crippen molar-refractivity contribution in [2.45, 2.75) is 52.7 Å². The van der Waals surface area contributed by atoms with Crippen LogP contribution in [0.5, 0.6) is 0 Å². The minimum Gasteiger partial charge on any atom is -0.360 e. The highest BCUT2D eigenvalue weighted by atomic mass is 16.5. The summed E-state index contributed by atoms with van der Waals surface area (Å²) < 4.78 is 6.49. The quantitative estimate of drug-likeness (QED) is 0.631. The Balaban J connectivity index is 1.55. The lowest BCUT2D eigenvalue weighted by Crippen LogP contribution is -2.40. The van der Waals surface area contributed by atoms with E-state index < -0.39 is 0 Å². The highest BCUT2D eigenvalue weighted by Gasteiger charge is 2.24. The molecule has 4 rings (SSSR count). The molecule has 31 heavy (non-hydrogen) atoms. The second-order valence-corrected chi connectivity index (χ2v) is 7.91. The maximum Gasteiger partial charge on any atom is 0.257 e. The van der Waals surface area contributed by atoms with Crippen molar-refractivity contribution in [3.05, 3.63) is 75.2 Å². The molecule has 1 amide bonds. The number of carbonyl (C=O) groups excluding carboxylic acids is 1. The van der Waals surface area contributed by atoms with Gasteiger partial charge < -0.3 is 9.84 Å². The van der Waals surface area contributed by atoms with Crippen LogP contribution >= 0.6 is 0 Å². The van der Waals surface area contributed by atoms with Crippen LogP contribution < -0.4 is 10.9 Å². The summed E-state index contributed by atoms with van der Waals surface area (Å²) in [5, 5.41) is 6.46. The Hall–Kier alpha value is -3.26. The van der Waals surface area contributed by atoms with E-state index in [1.807, 2.05) is 25.1 Å². The van der Waals surface area contributed by atoms with E-state index >= 15 is 0 Å². The monoisotopic (exact) mass is 421 g/mol. The molecule has 0 fully saturated rings. The van der Waals surface area contributed by atoms with Gasteiger partial charge in [-0.1, -0.05) is 42.4 Å². The average Bonchev–Trinajstić information content (AvgIpc) is 3.16. The van der Waals surface area contributed by atoms with Gasteiger partial charge in [-0.3, -0.25) is 19.1 Å². The average molecular weight is 422 g/mol. The number of amides is 1. The van der Waals surface area contributed by atoms with E-state index in [0.717, 1.165) is 25.2 Å². The molecule has 8 nitrogen and oxygen atoms in total. The van der Waals surface area contributed by atoms with E-state index in [9.17, 15) is 9.59 Å². The Morgan fingerprint density at radius 2 is 2.06 bits per heavy atom. The number of nitrogens with one attached hydrogen (secondary N) is 1. The van der Waals surface area contributed by atoms with Crippen LogP contribution in [0.3, 0.4) is 0 Å². The Morgan fingerprint density at radius 3 is 2.77 bits per heavy atom. The van der Waals surface area contributed by atoms with Crippen LogP contribution in [0.2, 0.25) is 0 Å². The first-order valence-corrected chi connectivity index (χ1v) is 10.6. The number of aryl methyl sites for hydroxylation is 2. The van der Waals surface area contributed by atoms with Gasteiger partial charge in [0.25, 0.3) is 5.56 Å². The molecule has 0 aliphatic carbocycles. The van der Waals surface area contributed by atoms with Crippen molar-refractivity contribution in [1.29, 1.82) is 0 Å². The van der Waals surface area contributed by atoms with Gasteiger partial charge >= 0.3 is 0 Å². The molecular formula is C23H27N5O3. The number of aromatic nitrogens is 3. The molecule has 1 N–H and O–H groups in total. The SMILES string of the molecule is CCCc1nc2c(c(=O)n1CC(=O)Nc1cc(C)on1)CCN(Cc1ccccc1)C2. The number of fused-ring (bicyclic) bond motifs is 1. The summed E-state index contributed by atoms with van der Waals surface area (Å²) in [5.74, 6) is 1.28. The minimum atomic E-state index is -0.323. The smallest absolute Gasteiger partial charge is 0.257 e. The zero-order valence-electron chi connectivity index (χ0n) is 17.9. The third kappa shape index (κ3) is 4.91. The predicted molar refractivity (Wildman–Crippen MR) is 117 cm³/mol. The molecule has 1 aliphatic rings. The molecule has 0 saturated heterocycles. The predicted octanol–water partition coefficient (Wildman–Crippen LogP) is 2.69. The largest absolute Gasteiger partial charge is 0.360 e. The molecule has 8 heteroatoms. The molecule has 0 radical (unpaired) electrons. The van der Waals surface area contributed by atoms with Crippen molar-refractivity contribution < 1.29 is 9.32 Å². The first-order chi connectivity index (χ1) is 15.0. The van der Waals surface area contributed by atoms with Gasteiger partial charge in [0.1, 0.15) is 18.1 Å². The first kappa shape index (κ1) is 21.0. The molecule has 0 unspecified atom stereocenters. The van der Waals surface area contributed by atoms with Gasteiger partial charge in [-0.2, -0.15) is 0 Å². The minimum absolute atomic E-state index is 0.0892. The Morgan fingerprint density at radius 1 is 1.26 bits per heavy atom. The van der Waals surface area contributed by atoms with E-state index in [0.29, 0.717) is 42.4 Å². The molecule has 0 spiro atoms. The van der Waals surface area contributed by atoms with Crippen LogP contribution in [0.15, 0.2) is 45.7 Å². The normalized spacial score (nSPS) is 13.7. The molecule has 162 valence electrons. The number of hydrogen-bond acceptors (Lipinski definition) is 6. The zero-order valence-corrected chi connectivity index (χ0v) is 17.9. The van der Waals surface area contributed by atoms with Crippen molar-refractivity contribution in [1.82, 2.24) is 19.6 Å². The van der Waals surface area contributed by atoms with E-state index in [1.165, 1.54) is 10.1 Å². The molecule has 1 aromatic carbocycles. The van der Waals surface area contributed by atoms with Crippen LogP contribution in [-0.4, -0.2) is 32.1 Å². The lowest BCUT2D eigenvalue weighted by atomic mass is 10.0. The van der Waals surface area contributed by atoms with Crippen molar-refractivity contribution >= 4 is 11.7 Å². The summed E-state index contributed by atoms with van der Waals surface area (Å²) in [5.41, 5.74) is 2.68. The topological polar surface area (TPSA) is 93.3 Å². The van der Waals surface area contributed by atoms with Gasteiger partial charge in [0.05, 0.1) is 5.69 Å². The third-order valence-electron chi connectivity index (χ3n) is 5.40. The lowest BCUT2D eigenvalue weighted by molar-refractivity contribution is -0.116. The number of rotatable bonds is 7. The molecule has 3 aromatic rings. The summed E-state index contributed by atoms with van der Waals surface area (Å²) in [4.78, 5) is 32.9. The highest BCUT2D eigenvalue weighted by Crippen LogP contribution is 2.18. The molecule has 0 saturated carbocycles. The van der Waals surface area contributed by atoms with Gasteiger partial charge in [-0.15, -0.1) is 0 Å². The fourth-order valence-corrected chi connectivity index (χ4v) is 3.94. The van der Waals surface area contributed by atoms with Crippen LogP contribution in [0, 0.1) is 6.92 Å². The molecule has 0 atom stereocenters. The fourth-order valence-electron chi connectivity index (χ4n) is 3.94. The van der Waals surface area contributed by atoms with Gasteiger partial charge in [-0.05, 0) is 25.3 Å². The summed E-state index contributed by atoms with van der Waals surface area (Å²) in [6.07, 6.45) is 2.10. The lowest BCUT2D eigenvalue weighted by Gasteiger charge is -2.28. The molecule has 0 bridgehead atoms. The van der Waals surface area contributed by atoms with E-state index in [-0.39, 0.29) is 18.0 Å². The number of carbonyl (C=O) groups is 1. The molecule has 2 aromatic heterocycles. The number of benzene rings is 1. The van der Waals surface area contributed by atoms with Crippen molar-refractivity contribution in [2.75, 3.05) is 11.9 Å². The molecule has 1 aliphatic heterocycles. The van der Waals surface area contributed by atoms with Gasteiger partial charge in [0.15, 0.2) is 5.82 Å². The summed E-state index contributed by atoms with van der Waals surface area (Å²) in [7, 11) is 0. The van der Waals surface area contributed by atoms with Gasteiger partial charge in [0.2, 0.25) is 5.91 Å². The third-order valence-corrected chi connectivity index (χ3v) is 5.40. The standard InChI is InChI=1S/C23H27N5O3/c1-3-7-21-24-19-14-27(13-17-8-5-4-6-9-17)11-10-18(19)23(30)28(21)15-22(29)25-20-12-16(2)31-26-20/h4-6,8-9,12H,3,7,10-11,13-15H2,1-2H3,(H,25,26,29). The number of hydrogen-bond donors (Lipinski definition) is 1. The zero-order chi connectivity index (χ0) is 21.8. The maximum atomic E-state index is 13.3. The second-order valence-electron chi connectivity index (χ2n) is 7.91. The maximum absolute atomic E-state index is 13.3. The summed E-state index contributed by atoms with van der Waals surface area (Å²) >= 11 is 0. The van der Waals surface area contributed by atoms with E-state index in [4.69, 9.17) is 9.51 Å². The number of anilines is 1. The van der Waals surface area contributed by atoms with Crippen LogP contribution in [-0.2, 0) is 37.3 Å². The molecular weight excluding hydrogens is 394 g/mol. The van der Waals surface area contributed by atoms with Crippen LogP contribution in [0.1, 0.15) is 41.8 Å². The van der Waals surface area contributed by atoms with Crippen LogP contribution in [0.25, 0.3) is 0 Å².